The molecular weight excluding hydrogens is 254 g/mol. The molecular formula is C16H23NO3. The van der Waals surface area contributed by atoms with Crippen LogP contribution in [0.3, 0.4) is 0 Å². The van der Waals surface area contributed by atoms with Crippen LogP contribution in [-0.2, 0) is 4.79 Å². The van der Waals surface area contributed by atoms with E-state index in [2.05, 4.69) is 11.4 Å². The number of aryl methyl sites for hydroxylation is 2. The maximum atomic E-state index is 11.6. The minimum atomic E-state index is -0.162. The summed E-state index contributed by atoms with van der Waals surface area (Å²) in [5.74, 6) is 1.29. The van der Waals surface area contributed by atoms with Crippen LogP contribution in [0, 0.1) is 19.8 Å². The smallest absolute Gasteiger partial charge is 0.223 e. The van der Waals surface area contributed by atoms with Crippen LogP contribution in [-0.4, -0.2) is 30.3 Å². The lowest BCUT2D eigenvalue weighted by atomic mass is 9.82. The lowest BCUT2D eigenvalue weighted by Gasteiger charge is -2.31. The van der Waals surface area contributed by atoms with Crippen molar-refractivity contribution in [3.8, 4) is 5.75 Å². The first-order valence-corrected chi connectivity index (χ1v) is 7.19. The SMILES string of the molecule is Cc1ccc(OCCC(=O)NCC2CC(O)C2)c(C)c1. The van der Waals surface area contributed by atoms with Crippen LogP contribution in [0.1, 0.15) is 30.4 Å². The number of benzene rings is 1. The second-order valence-corrected chi connectivity index (χ2v) is 5.66. The third kappa shape index (κ3) is 4.23. The fourth-order valence-corrected chi connectivity index (χ4v) is 2.43. The third-order valence-electron chi connectivity index (χ3n) is 3.72. The maximum absolute atomic E-state index is 11.6. The average molecular weight is 277 g/mol. The van der Waals surface area contributed by atoms with Crippen LogP contribution in [0.4, 0.5) is 0 Å². The van der Waals surface area contributed by atoms with Crippen LogP contribution in [0.2, 0.25) is 0 Å². The number of carbonyl (C=O) groups is 1. The van der Waals surface area contributed by atoms with Gasteiger partial charge < -0.3 is 15.2 Å². The summed E-state index contributed by atoms with van der Waals surface area (Å²) in [7, 11) is 0. The van der Waals surface area contributed by atoms with Crippen LogP contribution in [0.25, 0.3) is 0 Å². The number of aliphatic hydroxyl groups is 1. The van der Waals surface area contributed by atoms with Gasteiger partial charge in [-0.05, 0) is 44.2 Å². The first-order chi connectivity index (χ1) is 9.54. The molecule has 1 aliphatic carbocycles. The Morgan fingerprint density at radius 3 is 2.80 bits per heavy atom. The monoisotopic (exact) mass is 277 g/mol. The Bertz CT molecular complexity index is 467. The first kappa shape index (κ1) is 14.9. The van der Waals surface area contributed by atoms with Gasteiger partial charge in [0.25, 0.3) is 0 Å². The highest BCUT2D eigenvalue weighted by molar-refractivity contribution is 5.76. The second-order valence-electron chi connectivity index (χ2n) is 5.66. The molecule has 1 aliphatic rings. The van der Waals surface area contributed by atoms with Gasteiger partial charge in [0.1, 0.15) is 5.75 Å². The minimum absolute atomic E-state index is 0.0103. The number of hydrogen-bond donors (Lipinski definition) is 2. The van der Waals surface area contributed by atoms with E-state index in [4.69, 9.17) is 9.84 Å². The Labute approximate surface area is 120 Å². The van der Waals surface area contributed by atoms with Crippen molar-refractivity contribution >= 4 is 5.91 Å². The normalized spacial score (nSPS) is 21.1. The molecule has 0 spiro atoms. The summed E-state index contributed by atoms with van der Waals surface area (Å²) in [6.45, 7) is 5.11. The van der Waals surface area contributed by atoms with Gasteiger partial charge in [-0.25, -0.2) is 0 Å². The standard InChI is InChI=1S/C16H23NO3/c1-11-3-4-15(12(2)7-11)20-6-5-16(19)17-10-13-8-14(18)9-13/h3-4,7,13-14,18H,5-6,8-10H2,1-2H3,(H,17,19). The van der Waals surface area contributed by atoms with Crippen LogP contribution in [0.15, 0.2) is 18.2 Å². The number of nitrogens with one attached hydrogen (secondary N) is 1. The molecule has 2 rings (SSSR count). The molecule has 0 unspecified atom stereocenters. The Balaban J connectivity index is 1.63. The van der Waals surface area contributed by atoms with E-state index in [1.807, 2.05) is 26.0 Å². The Hall–Kier alpha value is -1.55. The number of carbonyl (C=O) groups excluding carboxylic acids is 1. The van der Waals surface area contributed by atoms with Crippen molar-refractivity contribution in [2.45, 2.75) is 39.2 Å². The predicted molar refractivity (Wildman–Crippen MR) is 77.8 cm³/mol. The molecule has 0 aliphatic heterocycles. The van der Waals surface area contributed by atoms with Gasteiger partial charge in [-0.3, -0.25) is 4.79 Å². The van der Waals surface area contributed by atoms with Crippen LogP contribution < -0.4 is 10.1 Å². The molecule has 2 N–H and O–H groups in total. The molecule has 0 aromatic heterocycles. The van der Waals surface area contributed by atoms with Crippen molar-refractivity contribution in [1.29, 1.82) is 0 Å². The van der Waals surface area contributed by atoms with Gasteiger partial charge in [0.05, 0.1) is 19.1 Å². The van der Waals surface area contributed by atoms with Crippen molar-refractivity contribution in [3.63, 3.8) is 0 Å². The summed E-state index contributed by atoms with van der Waals surface area (Å²) in [5, 5.41) is 12.0. The molecule has 0 saturated heterocycles. The van der Waals surface area contributed by atoms with Gasteiger partial charge >= 0.3 is 0 Å². The Morgan fingerprint density at radius 1 is 1.40 bits per heavy atom. The fourth-order valence-electron chi connectivity index (χ4n) is 2.43. The summed E-state index contributed by atoms with van der Waals surface area (Å²) in [5.41, 5.74) is 2.30. The Kier molecular flexibility index (Phi) is 5.01. The molecule has 110 valence electrons. The van der Waals surface area contributed by atoms with Gasteiger partial charge in [-0.15, -0.1) is 0 Å². The van der Waals surface area contributed by atoms with E-state index in [1.54, 1.807) is 0 Å². The highest BCUT2D eigenvalue weighted by atomic mass is 16.5. The topological polar surface area (TPSA) is 58.6 Å². The highest BCUT2D eigenvalue weighted by Gasteiger charge is 2.26. The molecule has 0 bridgehead atoms. The zero-order valence-corrected chi connectivity index (χ0v) is 12.2. The molecule has 0 atom stereocenters. The molecule has 1 fully saturated rings. The molecule has 1 aromatic carbocycles. The molecule has 0 heterocycles. The van der Waals surface area contributed by atoms with Crippen molar-refractivity contribution in [2.75, 3.05) is 13.2 Å². The van der Waals surface area contributed by atoms with E-state index < -0.39 is 0 Å². The summed E-state index contributed by atoms with van der Waals surface area (Å²) in [6, 6.07) is 6.01. The average Bonchev–Trinajstić information content (AvgIpc) is 2.36. The molecule has 4 heteroatoms. The summed E-state index contributed by atoms with van der Waals surface area (Å²) >= 11 is 0. The maximum Gasteiger partial charge on any atom is 0.223 e. The van der Waals surface area contributed by atoms with Gasteiger partial charge in [-0.1, -0.05) is 17.7 Å². The van der Waals surface area contributed by atoms with Crippen LogP contribution in [0.5, 0.6) is 5.75 Å². The number of hydrogen-bond acceptors (Lipinski definition) is 3. The molecule has 1 saturated carbocycles. The predicted octanol–water partition coefficient (Wildman–Crippen LogP) is 1.96. The zero-order chi connectivity index (χ0) is 14.5. The minimum Gasteiger partial charge on any atom is -0.493 e. The summed E-state index contributed by atoms with van der Waals surface area (Å²) in [6.07, 6.45) is 1.81. The summed E-state index contributed by atoms with van der Waals surface area (Å²) in [4.78, 5) is 11.6. The van der Waals surface area contributed by atoms with Gasteiger partial charge in [-0.2, -0.15) is 0 Å². The molecule has 1 aromatic rings. The number of rotatable bonds is 6. The van der Waals surface area contributed by atoms with Crippen molar-refractivity contribution in [1.82, 2.24) is 5.32 Å². The van der Waals surface area contributed by atoms with E-state index >= 15 is 0 Å². The van der Waals surface area contributed by atoms with Crippen molar-refractivity contribution in [2.24, 2.45) is 5.92 Å². The van der Waals surface area contributed by atoms with Crippen molar-refractivity contribution < 1.29 is 14.6 Å². The zero-order valence-electron chi connectivity index (χ0n) is 12.2. The van der Waals surface area contributed by atoms with Crippen molar-refractivity contribution in [3.05, 3.63) is 29.3 Å². The summed E-state index contributed by atoms with van der Waals surface area (Å²) < 4.78 is 5.63. The largest absolute Gasteiger partial charge is 0.493 e. The van der Waals surface area contributed by atoms with Gasteiger partial charge in [0.2, 0.25) is 5.91 Å². The van der Waals surface area contributed by atoms with Gasteiger partial charge in [0.15, 0.2) is 0 Å². The lowest BCUT2D eigenvalue weighted by Crippen LogP contribution is -2.38. The van der Waals surface area contributed by atoms with E-state index in [1.165, 1.54) is 5.56 Å². The third-order valence-corrected chi connectivity index (χ3v) is 3.72. The molecule has 20 heavy (non-hydrogen) atoms. The van der Waals surface area contributed by atoms with E-state index in [0.29, 0.717) is 25.5 Å². The number of ether oxygens (including phenoxy) is 1. The Morgan fingerprint density at radius 2 is 2.15 bits per heavy atom. The first-order valence-electron chi connectivity index (χ1n) is 7.19. The number of aliphatic hydroxyl groups excluding tert-OH is 1. The highest BCUT2D eigenvalue weighted by Crippen LogP contribution is 2.26. The van der Waals surface area contributed by atoms with Crippen LogP contribution >= 0.6 is 0 Å². The molecule has 0 radical (unpaired) electrons. The van der Waals surface area contributed by atoms with E-state index in [9.17, 15) is 4.79 Å². The number of amides is 1. The molecule has 1 amide bonds. The van der Waals surface area contributed by atoms with E-state index in [-0.39, 0.29) is 12.0 Å². The quantitative estimate of drug-likeness (QED) is 0.835. The van der Waals surface area contributed by atoms with E-state index in [0.717, 1.165) is 24.2 Å². The lowest BCUT2D eigenvalue weighted by molar-refractivity contribution is -0.122. The second kappa shape index (κ2) is 6.75. The molecule has 4 nitrogen and oxygen atoms in total. The fraction of sp³-hybridized carbons (Fsp3) is 0.562. The van der Waals surface area contributed by atoms with Gasteiger partial charge in [0, 0.05) is 6.54 Å².